The lowest BCUT2D eigenvalue weighted by atomic mass is 10.3. The Morgan fingerprint density at radius 1 is 1.75 bits per heavy atom. The van der Waals surface area contributed by atoms with Crippen LogP contribution in [0.2, 0.25) is 0 Å². The van der Waals surface area contributed by atoms with E-state index in [0.717, 1.165) is 19.5 Å². The van der Waals surface area contributed by atoms with E-state index < -0.39 is 0 Å². The Bertz CT molecular complexity index is 240. The summed E-state index contributed by atoms with van der Waals surface area (Å²) in [5, 5.41) is 7.33. The zero-order valence-electron chi connectivity index (χ0n) is 7.45. The number of hydrogen-bond acceptors (Lipinski definition) is 2. The normalized spacial score (nSPS) is 10.1. The van der Waals surface area contributed by atoms with Crippen LogP contribution in [-0.4, -0.2) is 22.9 Å². The van der Waals surface area contributed by atoms with Gasteiger partial charge in [0.15, 0.2) is 0 Å². The van der Waals surface area contributed by atoms with E-state index in [1.54, 1.807) is 0 Å². The molecule has 1 aromatic heterocycles. The SMILES string of the molecule is C=CCNCCc1ccnn1C. The summed E-state index contributed by atoms with van der Waals surface area (Å²) in [5.74, 6) is 0. The summed E-state index contributed by atoms with van der Waals surface area (Å²) in [6.07, 6.45) is 4.70. The lowest BCUT2D eigenvalue weighted by Gasteiger charge is -2.01. The summed E-state index contributed by atoms with van der Waals surface area (Å²) < 4.78 is 1.90. The van der Waals surface area contributed by atoms with Crippen molar-refractivity contribution in [1.29, 1.82) is 0 Å². The number of hydrogen-bond donors (Lipinski definition) is 1. The Labute approximate surface area is 73.1 Å². The molecule has 0 radical (unpaired) electrons. The first-order valence-electron chi connectivity index (χ1n) is 4.13. The first-order chi connectivity index (χ1) is 5.84. The van der Waals surface area contributed by atoms with Crippen LogP contribution in [0.4, 0.5) is 0 Å². The molecule has 0 spiro atoms. The van der Waals surface area contributed by atoms with Crippen molar-refractivity contribution in [3.8, 4) is 0 Å². The van der Waals surface area contributed by atoms with Gasteiger partial charge in [-0.1, -0.05) is 6.08 Å². The quantitative estimate of drug-likeness (QED) is 0.515. The molecule has 3 nitrogen and oxygen atoms in total. The molecule has 12 heavy (non-hydrogen) atoms. The van der Waals surface area contributed by atoms with Gasteiger partial charge in [0.05, 0.1) is 0 Å². The van der Waals surface area contributed by atoms with Crippen LogP contribution in [0, 0.1) is 0 Å². The highest BCUT2D eigenvalue weighted by Crippen LogP contribution is 1.95. The number of aromatic nitrogens is 2. The molecular formula is C9H15N3. The minimum Gasteiger partial charge on any atom is -0.313 e. The summed E-state index contributed by atoms with van der Waals surface area (Å²) >= 11 is 0. The Morgan fingerprint density at radius 3 is 3.17 bits per heavy atom. The van der Waals surface area contributed by atoms with Gasteiger partial charge in [0.1, 0.15) is 0 Å². The fourth-order valence-corrected chi connectivity index (χ4v) is 1.07. The van der Waals surface area contributed by atoms with Gasteiger partial charge >= 0.3 is 0 Å². The third-order valence-corrected chi connectivity index (χ3v) is 1.77. The van der Waals surface area contributed by atoms with Crippen LogP contribution in [0.5, 0.6) is 0 Å². The number of aryl methyl sites for hydroxylation is 1. The second kappa shape index (κ2) is 4.72. The fourth-order valence-electron chi connectivity index (χ4n) is 1.07. The van der Waals surface area contributed by atoms with Gasteiger partial charge in [-0.3, -0.25) is 4.68 Å². The monoisotopic (exact) mass is 165 g/mol. The molecule has 66 valence electrons. The Hall–Kier alpha value is -1.09. The molecule has 0 atom stereocenters. The third-order valence-electron chi connectivity index (χ3n) is 1.77. The summed E-state index contributed by atoms with van der Waals surface area (Å²) in [6, 6.07) is 2.04. The van der Waals surface area contributed by atoms with E-state index in [9.17, 15) is 0 Å². The average Bonchev–Trinajstić information content (AvgIpc) is 2.46. The molecule has 0 saturated heterocycles. The molecule has 1 rings (SSSR count). The second-order valence-corrected chi connectivity index (χ2v) is 2.69. The molecule has 0 amide bonds. The predicted octanol–water partition coefficient (Wildman–Crippen LogP) is 0.738. The van der Waals surface area contributed by atoms with Crippen molar-refractivity contribution < 1.29 is 0 Å². The lowest BCUT2D eigenvalue weighted by molar-refractivity contribution is 0.668. The maximum absolute atomic E-state index is 4.08. The van der Waals surface area contributed by atoms with E-state index in [0.29, 0.717) is 0 Å². The van der Waals surface area contributed by atoms with Crippen LogP contribution in [-0.2, 0) is 13.5 Å². The van der Waals surface area contributed by atoms with Gasteiger partial charge < -0.3 is 5.32 Å². The van der Waals surface area contributed by atoms with Crippen LogP contribution < -0.4 is 5.32 Å². The lowest BCUT2D eigenvalue weighted by Crippen LogP contribution is -2.17. The second-order valence-electron chi connectivity index (χ2n) is 2.69. The Morgan fingerprint density at radius 2 is 2.58 bits per heavy atom. The summed E-state index contributed by atoms with van der Waals surface area (Å²) in [7, 11) is 1.96. The van der Waals surface area contributed by atoms with E-state index in [4.69, 9.17) is 0 Å². The Kier molecular flexibility index (Phi) is 3.54. The summed E-state index contributed by atoms with van der Waals surface area (Å²) in [4.78, 5) is 0. The van der Waals surface area contributed by atoms with Crippen molar-refractivity contribution >= 4 is 0 Å². The molecule has 3 heteroatoms. The van der Waals surface area contributed by atoms with Gasteiger partial charge in [-0.15, -0.1) is 6.58 Å². The molecule has 1 N–H and O–H groups in total. The first kappa shape index (κ1) is 9.00. The highest BCUT2D eigenvalue weighted by atomic mass is 15.3. The molecule has 0 saturated carbocycles. The minimum absolute atomic E-state index is 0.873. The van der Waals surface area contributed by atoms with Gasteiger partial charge in [0, 0.05) is 38.4 Å². The minimum atomic E-state index is 0.873. The van der Waals surface area contributed by atoms with Gasteiger partial charge in [-0.25, -0.2) is 0 Å². The van der Waals surface area contributed by atoms with Gasteiger partial charge in [0.25, 0.3) is 0 Å². The van der Waals surface area contributed by atoms with Crippen molar-refractivity contribution in [2.24, 2.45) is 7.05 Å². The van der Waals surface area contributed by atoms with Gasteiger partial charge in [-0.2, -0.15) is 5.10 Å². The number of rotatable bonds is 5. The fraction of sp³-hybridized carbons (Fsp3) is 0.444. The number of nitrogens with zero attached hydrogens (tertiary/aromatic N) is 2. The predicted molar refractivity (Wildman–Crippen MR) is 50.0 cm³/mol. The van der Waals surface area contributed by atoms with Crippen molar-refractivity contribution in [2.45, 2.75) is 6.42 Å². The van der Waals surface area contributed by atoms with E-state index >= 15 is 0 Å². The maximum Gasteiger partial charge on any atom is 0.0492 e. The molecule has 0 aliphatic rings. The molecule has 0 aliphatic carbocycles. The molecule has 1 heterocycles. The zero-order chi connectivity index (χ0) is 8.81. The third kappa shape index (κ3) is 2.51. The molecule has 0 aromatic carbocycles. The van der Waals surface area contributed by atoms with Crippen LogP contribution in [0.1, 0.15) is 5.69 Å². The smallest absolute Gasteiger partial charge is 0.0492 e. The van der Waals surface area contributed by atoms with Crippen molar-refractivity contribution in [3.05, 3.63) is 30.6 Å². The van der Waals surface area contributed by atoms with Crippen LogP contribution in [0.3, 0.4) is 0 Å². The highest BCUT2D eigenvalue weighted by molar-refractivity contribution is 5.00. The topological polar surface area (TPSA) is 29.9 Å². The van der Waals surface area contributed by atoms with Crippen molar-refractivity contribution in [1.82, 2.24) is 15.1 Å². The molecule has 0 aliphatic heterocycles. The van der Waals surface area contributed by atoms with E-state index in [1.165, 1.54) is 5.69 Å². The van der Waals surface area contributed by atoms with Crippen LogP contribution in [0.25, 0.3) is 0 Å². The summed E-state index contributed by atoms with van der Waals surface area (Å²) in [5.41, 5.74) is 1.26. The largest absolute Gasteiger partial charge is 0.313 e. The van der Waals surface area contributed by atoms with Crippen LogP contribution >= 0.6 is 0 Å². The van der Waals surface area contributed by atoms with E-state index in [1.807, 2.05) is 30.1 Å². The zero-order valence-corrected chi connectivity index (χ0v) is 7.45. The van der Waals surface area contributed by atoms with Gasteiger partial charge in [-0.05, 0) is 6.07 Å². The molecular weight excluding hydrogens is 150 g/mol. The maximum atomic E-state index is 4.08. The molecule has 0 unspecified atom stereocenters. The Balaban J connectivity index is 2.24. The number of nitrogens with one attached hydrogen (secondary N) is 1. The molecule has 0 bridgehead atoms. The summed E-state index contributed by atoms with van der Waals surface area (Å²) in [6.45, 7) is 5.48. The average molecular weight is 165 g/mol. The van der Waals surface area contributed by atoms with E-state index in [2.05, 4.69) is 17.0 Å². The first-order valence-corrected chi connectivity index (χ1v) is 4.13. The van der Waals surface area contributed by atoms with Crippen molar-refractivity contribution in [3.63, 3.8) is 0 Å². The molecule has 0 fully saturated rings. The molecule has 1 aromatic rings. The van der Waals surface area contributed by atoms with Crippen LogP contribution in [0.15, 0.2) is 24.9 Å². The van der Waals surface area contributed by atoms with Crippen molar-refractivity contribution in [2.75, 3.05) is 13.1 Å². The van der Waals surface area contributed by atoms with Gasteiger partial charge in [0.2, 0.25) is 0 Å². The highest BCUT2D eigenvalue weighted by Gasteiger charge is 1.95. The van der Waals surface area contributed by atoms with E-state index in [-0.39, 0.29) is 0 Å². The standard InChI is InChI=1S/C9H15N3/c1-3-6-10-7-4-9-5-8-11-12(9)2/h3,5,8,10H,1,4,6-7H2,2H3.